The molecule has 0 bridgehead atoms. The highest BCUT2D eigenvalue weighted by molar-refractivity contribution is 7.88. The van der Waals surface area contributed by atoms with E-state index in [1.54, 1.807) is 12.1 Å². The summed E-state index contributed by atoms with van der Waals surface area (Å²) < 4.78 is 26.6. The van der Waals surface area contributed by atoms with E-state index in [9.17, 15) is 18.0 Å². The van der Waals surface area contributed by atoms with Gasteiger partial charge in [-0.1, -0.05) is 37.3 Å². The first-order valence-corrected chi connectivity index (χ1v) is 10.9. The van der Waals surface area contributed by atoms with E-state index in [1.165, 1.54) is 4.31 Å². The third kappa shape index (κ3) is 6.93. The number of imide groups is 1. The van der Waals surface area contributed by atoms with Gasteiger partial charge >= 0.3 is 6.03 Å². The van der Waals surface area contributed by atoms with Crippen LogP contribution in [-0.2, 0) is 20.6 Å². The Morgan fingerprint density at radius 2 is 1.81 bits per heavy atom. The first-order chi connectivity index (χ1) is 12.8. The predicted molar refractivity (Wildman–Crippen MR) is 103 cm³/mol. The van der Waals surface area contributed by atoms with Crippen molar-refractivity contribution in [2.45, 2.75) is 32.1 Å². The lowest BCUT2D eigenvalue weighted by Crippen LogP contribution is -3.15. The number of hydrogen-bond acceptors (Lipinski definition) is 4. The first-order valence-electron chi connectivity index (χ1n) is 9.26. The average Bonchev–Trinajstić information content (AvgIpc) is 2.62. The molecule has 0 saturated carbocycles. The van der Waals surface area contributed by atoms with Crippen molar-refractivity contribution in [2.24, 2.45) is 0 Å². The predicted octanol–water partition coefficient (Wildman–Crippen LogP) is -0.659. The monoisotopic (exact) mass is 397 g/mol. The summed E-state index contributed by atoms with van der Waals surface area (Å²) in [6.07, 6.45) is 0.784. The van der Waals surface area contributed by atoms with Crippen LogP contribution in [0.25, 0.3) is 0 Å². The molecule has 1 saturated heterocycles. The number of carbonyl (C=O) groups is 2. The lowest BCUT2D eigenvalue weighted by molar-refractivity contribution is -0.895. The van der Waals surface area contributed by atoms with Gasteiger partial charge in [0.15, 0.2) is 6.54 Å². The summed E-state index contributed by atoms with van der Waals surface area (Å²) in [6.45, 7) is 5.78. The Morgan fingerprint density at radius 3 is 2.41 bits per heavy atom. The SMILES string of the molecule is CC[C@@H](C)NC(=O)NC(=O)C[NH+]1CCN(S(=O)(=O)Cc2ccccc2)CC1. The number of nitrogens with zero attached hydrogens (tertiary/aromatic N) is 1. The van der Waals surface area contributed by atoms with Crippen molar-refractivity contribution in [3.8, 4) is 0 Å². The zero-order valence-corrected chi connectivity index (χ0v) is 16.7. The second kappa shape index (κ2) is 9.82. The van der Waals surface area contributed by atoms with Gasteiger partial charge in [0.1, 0.15) is 0 Å². The van der Waals surface area contributed by atoms with Gasteiger partial charge in [0.25, 0.3) is 5.91 Å². The van der Waals surface area contributed by atoms with E-state index in [0.717, 1.165) is 16.9 Å². The highest BCUT2D eigenvalue weighted by atomic mass is 32.2. The van der Waals surface area contributed by atoms with E-state index in [1.807, 2.05) is 32.0 Å². The number of sulfonamides is 1. The molecule has 1 aliphatic heterocycles. The smallest absolute Gasteiger partial charge is 0.321 e. The van der Waals surface area contributed by atoms with Crippen LogP contribution in [-0.4, -0.2) is 63.4 Å². The number of amides is 3. The van der Waals surface area contributed by atoms with E-state index in [0.29, 0.717) is 26.2 Å². The van der Waals surface area contributed by atoms with E-state index >= 15 is 0 Å². The third-order valence-electron chi connectivity index (χ3n) is 4.67. The lowest BCUT2D eigenvalue weighted by atomic mass is 10.2. The molecule has 1 atom stereocenters. The fourth-order valence-corrected chi connectivity index (χ4v) is 4.43. The molecule has 1 heterocycles. The molecule has 1 aliphatic rings. The van der Waals surface area contributed by atoms with Crippen LogP contribution < -0.4 is 15.5 Å². The molecule has 1 fully saturated rings. The highest BCUT2D eigenvalue weighted by Gasteiger charge is 2.30. The quantitative estimate of drug-likeness (QED) is 0.569. The van der Waals surface area contributed by atoms with Crippen LogP contribution in [0.4, 0.5) is 4.79 Å². The zero-order valence-electron chi connectivity index (χ0n) is 15.9. The number of hydrogen-bond donors (Lipinski definition) is 3. The Morgan fingerprint density at radius 1 is 1.19 bits per heavy atom. The number of quaternary nitrogens is 1. The molecule has 2 rings (SSSR count). The van der Waals surface area contributed by atoms with Crippen LogP contribution in [0, 0.1) is 0 Å². The molecular weight excluding hydrogens is 368 g/mol. The third-order valence-corrected chi connectivity index (χ3v) is 6.52. The van der Waals surface area contributed by atoms with Crippen LogP contribution in [0.5, 0.6) is 0 Å². The molecule has 3 N–H and O–H groups in total. The topological polar surface area (TPSA) is 100 Å². The number of piperazine rings is 1. The molecule has 0 aliphatic carbocycles. The van der Waals surface area contributed by atoms with Crippen molar-refractivity contribution in [3.05, 3.63) is 35.9 Å². The molecule has 9 heteroatoms. The molecule has 0 unspecified atom stereocenters. The molecule has 150 valence electrons. The molecule has 27 heavy (non-hydrogen) atoms. The van der Waals surface area contributed by atoms with Crippen LogP contribution in [0.3, 0.4) is 0 Å². The Balaban J connectivity index is 1.77. The van der Waals surface area contributed by atoms with Crippen LogP contribution >= 0.6 is 0 Å². The molecule has 0 aromatic heterocycles. The molecule has 0 radical (unpaired) electrons. The van der Waals surface area contributed by atoms with Crippen molar-refractivity contribution in [1.82, 2.24) is 14.9 Å². The maximum atomic E-state index is 12.5. The van der Waals surface area contributed by atoms with E-state index in [4.69, 9.17) is 0 Å². The van der Waals surface area contributed by atoms with Crippen molar-refractivity contribution in [1.29, 1.82) is 0 Å². The van der Waals surface area contributed by atoms with Crippen LogP contribution in [0.1, 0.15) is 25.8 Å². The Hall–Kier alpha value is -1.97. The maximum Gasteiger partial charge on any atom is 0.321 e. The second-order valence-electron chi connectivity index (χ2n) is 6.90. The van der Waals surface area contributed by atoms with Gasteiger partial charge in [0, 0.05) is 6.04 Å². The summed E-state index contributed by atoms with van der Waals surface area (Å²) in [5, 5.41) is 5.01. The summed E-state index contributed by atoms with van der Waals surface area (Å²) >= 11 is 0. The van der Waals surface area contributed by atoms with Gasteiger partial charge in [-0.05, 0) is 18.9 Å². The van der Waals surface area contributed by atoms with E-state index in [2.05, 4.69) is 10.6 Å². The Kier molecular flexibility index (Phi) is 7.76. The first kappa shape index (κ1) is 21.3. The Bertz CT molecular complexity index is 731. The van der Waals surface area contributed by atoms with Crippen molar-refractivity contribution in [3.63, 3.8) is 0 Å². The largest absolute Gasteiger partial charge is 0.335 e. The van der Waals surface area contributed by atoms with E-state index in [-0.39, 0.29) is 24.2 Å². The van der Waals surface area contributed by atoms with Gasteiger partial charge in [-0.25, -0.2) is 13.2 Å². The van der Waals surface area contributed by atoms with Gasteiger partial charge in [0.05, 0.1) is 31.9 Å². The van der Waals surface area contributed by atoms with Crippen LogP contribution in [0.15, 0.2) is 30.3 Å². The zero-order chi connectivity index (χ0) is 19.9. The van der Waals surface area contributed by atoms with Crippen molar-refractivity contribution >= 4 is 22.0 Å². The fraction of sp³-hybridized carbons (Fsp3) is 0.556. The van der Waals surface area contributed by atoms with Gasteiger partial charge in [-0.15, -0.1) is 0 Å². The molecule has 8 nitrogen and oxygen atoms in total. The summed E-state index contributed by atoms with van der Waals surface area (Å²) in [7, 11) is -3.37. The van der Waals surface area contributed by atoms with Crippen molar-refractivity contribution in [2.75, 3.05) is 32.7 Å². The number of rotatable bonds is 7. The standard InChI is InChI=1S/C18H28N4O4S/c1-3-15(2)19-18(24)20-17(23)13-21-9-11-22(12-10-21)27(25,26)14-16-7-5-4-6-8-16/h4-8,15H,3,9-14H2,1-2H3,(H2,19,20,23,24)/p+1/t15-/m1/s1. The number of nitrogens with one attached hydrogen (secondary N) is 3. The number of benzene rings is 1. The highest BCUT2D eigenvalue weighted by Crippen LogP contribution is 2.10. The van der Waals surface area contributed by atoms with Gasteiger partial charge in [0.2, 0.25) is 10.0 Å². The van der Waals surface area contributed by atoms with Gasteiger partial charge < -0.3 is 10.2 Å². The van der Waals surface area contributed by atoms with Gasteiger partial charge in [-0.2, -0.15) is 4.31 Å². The average molecular weight is 398 g/mol. The summed E-state index contributed by atoms with van der Waals surface area (Å²) in [5.74, 6) is -0.370. The second-order valence-corrected chi connectivity index (χ2v) is 8.87. The molecular formula is C18H29N4O4S+. The fourth-order valence-electron chi connectivity index (χ4n) is 2.89. The van der Waals surface area contributed by atoms with Crippen LogP contribution in [0.2, 0.25) is 0 Å². The molecule has 1 aromatic carbocycles. The minimum Gasteiger partial charge on any atom is -0.335 e. The summed E-state index contributed by atoms with van der Waals surface area (Å²) in [4.78, 5) is 24.6. The van der Waals surface area contributed by atoms with E-state index < -0.39 is 16.1 Å². The minimum atomic E-state index is -3.37. The van der Waals surface area contributed by atoms with Gasteiger partial charge in [-0.3, -0.25) is 10.1 Å². The Labute approximate surface area is 161 Å². The summed E-state index contributed by atoms with van der Waals surface area (Å²) in [5.41, 5.74) is 0.763. The molecule has 1 aromatic rings. The molecule has 0 spiro atoms. The minimum absolute atomic E-state index is 0.00325. The lowest BCUT2D eigenvalue weighted by Gasteiger charge is -2.31. The van der Waals surface area contributed by atoms with Crippen molar-refractivity contribution < 1.29 is 22.9 Å². The maximum absolute atomic E-state index is 12.5. The number of urea groups is 1. The number of carbonyl (C=O) groups excluding carboxylic acids is 2. The molecule has 3 amide bonds. The summed E-state index contributed by atoms with van der Waals surface area (Å²) in [6, 6.07) is 8.61. The normalized spacial score (nSPS) is 17.3.